The van der Waals surface area contributed by atoms with Crippen LogP contribution in [0.3, 0.4) is 0 Å². The lowest BCUT2D eigenvalue weighted by Gasteiger charge is -2.12. The summed E-state index contributed by atoms with van der Waals surface area (Å²) in [6.07, 6.45) is 0. The number of carbonyl (C=O) groups is 1. The zero-order chi connectivity index (χ0) is 14.7. The summed E-state index contributed by atoms with van der Waals surface area (Å²) >= 11 is 3.44. The molecule has 4 nitrogen and oxygen atoms in total. The molecule has 20 heavy (non-hydrogen) atoms. The molecule has 0 saturated carbocycles. The second-order valence-electron chi connectivity index (χ2n) is 4.63. The maximum atomic E-state index is 12.3. The zero-order valence-corrected chi connectivity index (χ0v) is 12.9. The Labute approximate surface area is 126 Å². The van der Waals surface area contributed by atoms with Crippen LogP contribution in [0.5, 0.6) is 0 Å². The van der Waals surface area contributed by atoms with E-state index in [2.05, 4.69) is 26.7 Å². The van der Waals surface area contributed by atoms with Crippen LogP contribution in [-0.2, 0) is 0 Å². The van der Waals surface area contributed by atoms with Gasteiger partial charge in [0.1, 0.15) is 0 Å². The first-order chi connectivity index (χ1) is 9.51. The van der Waals surface area contributed by atoms with Crippen molar-refractivity contribution < 1.29 is 4.79 Å². The third-order valence-electron chi connectivity index (χ3n) is 2.95. The topological polar surface area (TPSA) is 67.2 Å². The van der Waals surface area contributed by atoms with Gasteiger partial charge in [-0.15, -0.1) is 0 Å². The van der Waals surface area contributed by atoms with Crippen molar-refractivity contribution in [2.45, 2.75) is 13.8 Å². The van der Waals surface area contributed by atoms with Gasteiger partial charge >= 0.3 is 0 Å². The SMILES string of the molecule is Cc1ccc(NC(=O)c2ccc(C)cc2NN)c(Br)c1. The molecule has 0 radical (unpaired) electrons. The second-order valence-corrected chi connectivity index (χ2v) is 5.49. The molecule has 1 amide bonds. The summed E-state index contributed by atoms with van der Waals surface area (Å²) in [7, 11) is 0. The number of hydrazine groups is 1. The lowest BCUT2D eigenvalue weighted by molar-refractivity contribution is 0.102. The molecule has 0 aliphatic heterocycles. The van der Waals surface area contributed by atoms with E-state index in [1.54, 1.807) is 6.07 Å². The minimum absolute atomic E-state index is 0.206. The molecule has 2 aromatic rings. The first kappa shape index (κ1) is 14.6. The number of nitrogens with two attached hydrogens (primary N) is 1. The van der Waals surface area contributed by atoms with Gasteiger partial charge in [-0.25, -0.2) is 0 Å². The van der Waals surface area contributed by atoms with E-state index < -0.39 is 0 Å². The number of aryl methyl sites for hydroxylation is 2. The van der Waals surface area contributed by atoms with Gasteiger partial charge in [0, 0.05) is 4.47 Å². The highest BCUT2D eigenvalue weighted by Gasteiger charge is 2.12. The van der Waals surface area contributed by atoms with Crippen molar-refractivity contribution in [2.24, 2.45) is 5.84 Å². The highest BCUT2D eigenvalue weighted by molar-refractivity contribution is 9.10. The van der Waals surface area contributed by atoms with Crippen LogP contribution in [0.15, 0.2) is 40.9 Å². The quantitative estimate of drug-likeness (QED) is 0.593. The number of anilines is 2. The Hall–Kier alpha value is -1.85. The number of carbonyl (C=O) groups excluding carboxylic acids is 1. The summed E-state index contributed by atoms with van der Waals surface area (Å²) in [6, 6.07) is 11.2. The van der Waals surface area contributed by atoms with Crippen molar-refractivity contribution in [3.63, 3.8) is 0 Å². The fraction of sp³-hybridized carbons (Fsp3) is 0.133. The molecule has 0 bridgehead atoms. The Morgan fingerprint density at radius 2 is 1.70 bits per heavy atom. The van der Waals surface area contributed by atoms with Gasteiger partial charge in [-0.2, -0.15) is 0 Å². The number of nitrogens with one attached hydrogen (secondary N) is 2. The molecule has 0 spiro atoms. The van der Waals surface area contributed by atoms with Crippen LogP contribution < -0.4 is 16.6 Å². The number of hydrogen-bond donors (Lipinski definition) is 3. The predicted octanol–water partition coefficient (Wildman–Crippen LogP) is 3.60. The number of halogens is 1. The van der Waals surface area contributed by atoms with E-state index in [1.807, 2.05) is 44.2 Å². The summed E-state index contributed by atoms with van der Waals surface area (Å²) in [6.45, 7) is 3.94. The van der Waals surface area contributed by atoms with E-state index in [0.29, 0.717) is 11.3 Å². The van der Waals surface area contributed by atoms with E-state index in [9.17, 15) is 4.79 Å². The van der Waals surface area contributed by atoms with Crippen LogP contribution >= 0.6 is 15.9 Å². The van der Waals surface area contributed by atoms with Gasteiger partial charge in [0.05, 0.1) is 16.9 Å². The Morgan fingerprint density at radius 3 is 2.35 bits per heavy atom. The summed E-state index contributed by atoms with van der Waals surface area (Å²) in [5, 5.41) is 2.87. The molecule has 104 valence electrons. The van der Waals surface area contributed by atoms with Gasteiger partial charge < -0.3 is 10.7 Å². The van der Waals surface area contributed by atoms with Gasteiger partial charge in [0.2, 0.25) is 0 Å². The number of nitrogen functional groups attached to an aromatic ring is 1. The number of hydrogen-bond acceptors (Lipinski definition) is 3. The Balaban J connectivity index is 2.28. The fourth-order valence-electron chi connectivity index (χ4n) is 1.89. The highest BCUT2D eigenvalue weighted by Crippen LogP contribution is 2.25. The monoisotopic (exact) mass is 333 g/mol. The highest BCUT2D eigenvalue weighted by atomic mass is 79.9. The molecule has 2 aromatic carbocycles. The summed E-state index contributed by atoms with van der Waals surface area (Å²) in [4.78, 5) is 12.3. The number of rotatable bonds is 3. The average molecular weight is 334 g/mol. The molecule has 4 N–H and O–H groups in total. The van der Waals surface area contributed by atoms with Crippen molar-refractivity contribution in [1.29, 1.82) is 0 Å². The molecular weight excluding hydrogens is 318 g/mol. The maximum Gasteiger partial charge on any atom is 0.257 e. The lowest BCUT2D eigenvalue weighted by Crippen LogP contribution is -2.17. The molecule has 0 aliphatic rings. The molecule has 2 rings (SSSR count). The first-order valence-corrected chi connectivity index (χ1v) is 6.95. The molecule has 0 aliphatic carbocycles. The van der Waals surface area contributed by atoms with Gasteiger partial charge in [0.15, 0.2) is 0 Å². The van der Waals surface area contributed by atoms with E-state index in [1.165, 1.54) is 0 Å². The van der Waals surface area contributed by atoms with Crippen LogP contribution in [0.25, 0.3) is 0 Å². The molecule has 5 heteroatoms. The number of benzene rings is 2. The van der Waals surface area contributed by atoms with E-state index >= 15 is 0 Å². The van der Waals surface area contributed by atoms with Gasteiger partial charge in [-0.1, -0.05) is 12.1 Å². The number of amides is 1. The van der Waals surface area contributed by atoms with Crippen LogP contribution in [0.1, 0.15) is 21.5 Å². The van der Waals surface area contributed by atoms with Crippen molar-refractivity contribution in [3.05, 3.63) is 57.6 Å². The van der Waals surface area contributed by atoms with Gasteiger partial charge in [-0.3, -0.25) is 10.6 Å². The van der Waals surface area contributed by atoms with E-state index in [4.69, 9.17) is 5.84 Å². The van der Waals surface area contributed by atoms with Crippen LogP contribution in [0.2, 0.25) is 0 Å². The maximum absolute atomic E-state index is 12.3. The average Bonchev–Trinajstić information content (AvgIpc) is 2.41. The van der Waals surface area contributed by atoms with E-state index in [0.717, 1.165) is 21.3 Å². The third-order valence-corrected chi connectivity index (χ3v) is 3.60. The minimum Gasteiger partial charge on any atom is -0.323 e. The molecule has 0 fully saturated rings. The normalized spacial score (nSPS) is 10.2. The summed E-state index contributed by atoms with van der Waals surface area (Å²) in [5.41, 5.74) is 6.54. The fourth-order valence-corrected chi connectivity index (χ4v) is 2.48. The summed E-state index contributed by atoms with van der Waals surface area (Å²) < 4.78 is 0.847. The largest absolute Gasteiger partial charge is 0.323 e. The van der Waals surface area contributed by atoms with Crippen LogP contribution in [0, 0.1) is 13.8 Å². The van der Waals surface area contributed by atoms with Crippen molar-refractivity contribution in [2.75, 3.05) is 10.7 Å². The van der Waals surface area contributed by atoms with Gasteiger partial charge in [0.25, 0.3) is 5.91 Å². The smallest absolute Gasteiger partial charge is 0.257 e. The summed E-state index contributed by atoms with van der Waals surface area (Å²) in [5.74, 6) is 5.26. The van der Waals surface area contributed by atoms with E-state index in [-0.39, 0.29) is 5.91 Å². The van der Waals surface area contributed by atoms with Crippen LogP contribution in [-0.4, -0.2) is 5.91 Å². The Bertz CT molecular complexity index is 656. The van der Waals surface area contributed by atoms with Crippen molar-refractivity contribution in [1.82, 2.24) is 0 Å². The molecule has 0 heterocycles. The minimum atomic E-state index is -0.206. The molecular formula is C15H16BrN3O. The Kier molecular flexibility index (Phi) is 4.42. The standard InChI is InChI=1S/C15H16BrN3O/c1-9-4-6-13(12(16)7-9)18-15(20)11-5-3-10(2)8-14(11)19-17/h3-8,19H,17H2,1-2H3,(H,18,20). The lowest BCUT2D eigenvalue weighted by atomic mass is 10.1. The first-order valence-electron chi connectivity index (χ1n) is 6.16. The molecule has 0 atom stereocenters. The van der Waals surface area contributed by atoms with Crippen LogP contribution in [0.4, 0.5) is 11.4 Å². The van der Waals surface area contributed by atoms with Crippen molar-refractivity contribution >= 4 is 33.2 Å². The Morgan fingerprint density at radius 1 is 1.05 bits per heavy atom. The third kappa shape index (κ3) is 3.18. The zero-order valence-electron chi connectivity index (χ0n) is 11.3. The van der Waals surface area contributed by atoms with Gasteiger partial charge in [-0.05, 0) is 65.2 Å². The molecule has 0 saturated heterocycles. The second kappa shape index (κ2) is 6.07. The van der Waals surface area contributed by atoms with Crippen molar-refractivity contribution in [3.8, 4) is 0 Å². The predicted molar refractivity (Wildman–Crippen MR) is 85.8 cm³/mol. The molecule has 0 aromatic heterocycles. The molecule has 0 unspecified atom stereocenters.